The fourth-order valence-electron chi connectivity index (χ4n) is 9.46. The quantitative estimate of drug-likeness (QED) is 0.175. The van der Waals surface area contributed by atoms with Crippen molar-refractivity contribution in [1.29, 1.82) is 0 Å². The lowest BCUT2D eigenvalue weighted by Gasteiger charge is -2.32. The highest BCUT2D eigenvalue weighted by atomic mass is 15.1. The molecule has 0 bridgehead atoms. The van der Waals surface area contributed by atoms with Crippen LogP contribution in [0.2, 0.25) is 0 Å². The Morgan fingerprint density at radius 2 is 0.830 bits per heavy atom. The molecule has 8 aromatic rings. The minimum Gasteiger partial charge on any atom is -0.310 e. The Balaban J connectivity index is 1.27. The highest BCUT2D eigenvalue weighted by Gasteiger charge is 2.52. The Morgan fingerprint density at radius 3 is 1.55 bits per heavy atom. The van der Waals surface area contributed by atoms with Crippen molar-refractivity contribution in [1.82, 2.24) is 0 Å². The second kappa shape index (κ2) is 12.1. The molecule has 0 N–H and O–H groups in total. The van der Waals surface area contributed by atoms with Crippen LogP contribution in [0.4, 0.5) is 17.1 Å². The van der Waals surface area contributed by atoms with Gasteiger partial charge in [-0.3, -0.25) is 0 Å². The van der Waals surface area contributed by atoms with Crippen LogP contribution in [0, 0.1) is 20.8 Å². The predicted molar refractivity (Wildman–Crippen MR) is 223 cm³/mol. The molecule has 0 saturated carbocycles. The fourth-order valence-corrected chi connectivity index (χ4v) is 9.46. The average molecular weight is 678 g/mol. The van der Waals surface area contributed by atoms with Crippen LogP contribution in [0.3, 0.4) is 0 Å². The summed E-state index contributed by atoms with van der Waals surface area (Å²) in [7, 11) is 0. The normalized spacial score (nSPS) is 14.8. The van der Waals surface area contributed by atoms with Gasteiger partial charge in [0.05, 0.1) is 11.1 Å². The van der Waals surface area contributed by atoms with Gasteiger partial charge in [0.2, 0.25) is 0 Å². The topological polar surface area (TPSA) is 3.24 Å². The maximum atomic E-state index is 2.51. The third-order valence-corrected chi connectivity index (χ3v) is 11.8. The van der Waals surface area contributed by atoms with E-state index in [1.165, 1.54) is 94.8 Å². The Kier molecular flexibility index (Phi) is 7.13. The van der Waals surface area contributed by atoms with Crippen LogP contribution in [0.25, 0.3) is 44.5 Å². The molecule has 2 aliphatic carbocycles. The Bertz CT molecular complexity index is 2700. The van der Waals surface area contributed by atoms with Crippen LogP contribution < -0.4 is 4.90 Å². The van der Waals surface area contributed by atoms with E-state index in [4.69, 9.17) is 0 Å². The van der Waals surface area contributed by atoms with Gasteiger partial charge in [-0.05, 0) is 123 Å². The van der Waals surface area contributed by atoms with Crippen molar-refractivity contribution in [2.24, 2.45) is 0 Å². The van der Waals surface area contributed by atoms with Crippen LogP contribution >= 0.6 is 0 Å². The third-order valence-electron chi connectivity index (χ3n) is 11.8. The highest BCUT2D eigenvalue weighted by Crippen LogP contribution is 2.65. The first-order chi connectivity index (χ1) is 26.1. The minimum absolute atomic E-state index is 0.416. The summed E-state index contributed by atoms with van der Waals surface area (Å²) in [4.78, 5) is 2.51. The van der Waals surface area contributed by atoms with Crippen LogP contribution in [0.15, 0.2) is 182 Å². The van der Waals surface area contributed by atoms with Gasteiger partial charge >= 0.3 is 0 Å². The standard InChI is InChI=1S/C52H39N/c1-34-16-7-8-20-40(34)41-23-14-28-48(36(41)3)53(39-32-30-38(31-33-39)37-18-5-4-6-19-37)49-29-15-27-47-51(49)43-22-10-12-25-45(43)52(47)44-24-11-9-21-42(44)50-35(2)17-13-26-46(50)52/h4-33H,1-3H3. The van der Waals surface area contributed by atoms with Gasteiger partial charge in [-0.15, -0.1) is 0 Å². The van der Waals surface area contributed by atoms with Crippen molar-refractivity contribution in [2.75, 3.05) is 4.90 Å². The molecule has 1 heteroatoms. The van der Waals surface area contributed by atoms with Gasteiger partial charge in [-0.2, -0.15) is 0 Å². The van der Waals surface area contributed by atoms with Gasteiger partial charge in [0.25, 0.3) is 0 Å². The molecule has 53 heavy (non-hydrogen) atoms. The van der Waals surface area contributed by atoms with E-state index >= 15 is 0 Å². The molecular weight excluding hydrogens is 639 g/mol. The van der Waals surface area contributed by atoms with Gasteiger partial charge in [-0.1, -0.05) is 158 Å². The number of nitrogens with zero attached hydrogens (tertiary/aromatic N) is 1. The Labute approximate surface area is 312 Å². The second-order valence-corrected chi connectivity index (χ2v) is 14.6. The molecule has 1 spiro atoms. The molecule has 0 amide bonds. The summed E-state index contributed by atoms with van der Waals surface area (Å²) >= 11 is 0. The van der Waals surface area contributed by atoms with Gasteiger partial charge < -0.3 is 4.90 Å². The largest absolute Gasteiger partial charge is 0.310 e. The molecule has 252 valence electrons. The molecule has 10 rings (SSSR count). The first-order valence-electron chi connectivity index (χ1n) is 18.6. The first-order valence-corrected chi connectivity index (χ1v) is 18.6. The zero-order chi connectivity index (χ0) is 35.7. The van der Waals surface area contributed by atoms with Crippen LogP contribution in [-0.2, 0) is 5.41 Å². The van der Waals surface area contributed by atoms with Crippen LogP contribution in [0.1, 0.15) is 38.9 Å². The van der Waals surface area contributed by atoms with Gasteiger partial charge in [0.1, 0.15) is 0 Å². The summed E-state index contributed by atoms with van der Waals surface area (Å²) < 4.78 is 0. The van der Waals surface area contributed by atoms with Crippen molar-refractivity contribution in [3.63, 3.8) is 0 Å². The van der Waals surface area contributed by atoms with Crippen molar-refractivity contribution in [3.8, 4) is 44.5 Å². The van der Waals surface area contributed by atoms with E-state index < -0.39 is 5.41 Å². The minimum atomic E-state index is -0.416. The summed E-state index contributed by atoms with van der Waals surface area (Å²) in [5, 5.41) is 0. The van der Waals surface area contributed by atoms with E-state index in [0.29, 0.717) is 0 Å². The summed E-state index contributed by atoms with van der Waals surface area (Å²) in [5.74, 6) is 0. The number of aryl methyl sites for hydroxylation is 2. The lowest BCUT2D eigenvalue weighted by molar-refractivity contribution is 0.793. The molecule has 0 heterocycles. The SMILES string of the molecule is Cc1ccccc1-c1cccc(N(c2ccc(-c3ccccc3)cc2)c2cccc3c2-c2ccccc2C32c3ccccc3-c3c(C)cccc32)c1C. The number of anilines is 3. The Morgan fingerprint density at radius 1 is 0.340 bits per heavy atom. The number of benzene rings is 8. The molecule has 1 unspecified atom stereocenters. The van der Waals surface area contributed by atoms with Crippen molar-refractivity contribution >= 4 is 17.1 Å². The molecule has 1 atom stereocenters. The number of hydrogen-bond donors (Lipinski definition) is 0. The van der Waals surface area contributed by atoms with E-state index in [1.54, 1.807) is 0 Å². The molecule has 0 aromatic heterocycles. The van der Waals surface area contributed by atoms with Crippen LogP contribution in [-0.4, -0.2) is 0 Å². The summed E-state index contributed by atoms with van der Waals surface area (Å²) in [6.45, 7) is 6.76. The second-order valence-electron chi connectivity index (χ2n) is 14.6. The summed E-state index contributed by atoms with van der Waals surface area (Å²) in [6.07, 6.45) is 0. The number of rotatable bonds is 5. The monoisotopic (exact) mass is 677 g/mol. The van der Waals surface area contributed by atoms with Gasteiger partial charge in [0, 0.05) is 16.9 Å². The molecule has 0 fully saturated rings. The van der Waals surface area contributed by atoms with E-state index in [-0.39, 0.29) is 0 Å². The lowest BCUT2D eigenvalue weighted by Crippen LogP contribution is -2.26. The van der Waals surface area contributed by atoms with Crippen LogP contribution in [0.5, 0.6) is 0 Å². The smallest absolute Gasteiger partial charge is 0.0726 e. The molecule has 2 aliphatic rings. The third kappa shape index (κ3) is 4.50. The zero-order valence-electron chi connectivity index (χ0n) is 30.3. The molecule has 1 nitrogen and oxygen atoms in total. The van der Waals surface area contributed by atoms with E-state index in [9.17, 15) is 0 Å². The van der Waals surface area contributed by atoms with Crippen molar-refractivity contribution in [2.45, 2.75) is 26.2 Å². The molecule has 0 aliphatic heterocycles. The maximum absolute atomic E-state index is 2.51. The fraction of sp³-hybridized carbons (Fsp3) is 0.0769. The van der Waals surface area contributed by atoms with Crippen molar-refractivity contribution in [3.05, 3.63) is 221 Å². The highest BCUT2D eigenvalue weighted by molar-refractivity contribution is 6.02. The lowest BCUT2D eigenvalue weighted by atomic mass is 9.70. The number of fused-ring (bicyclic) bond motifs is 10. The molecule has 0 saturated heterocycles. The Hall–Kier alpha value is -6.44. The zero-order valence-corrected chi connectivity index (χ0v) is 30.3. The van der Waals surface area contributed by atoms with Crippen molar-refractivity contribution < 1.29 is 0 Å². The average Bonchev–Trinajstić information content (AvgIpc) is 3.68. The maximum Gasteiger partial charge on any atom is 0.0726 e. The molecular formula is C52H39N. The van der Waals surface area contributed by atoms with Gasteiger partial charge in [-0.25, -0.2) is 0 Å². The van der Waals surface area contributed by atoms with E-state index in [1.807, 2.05) is 0 Å². The van der Waals surface area contributed by atoms with E-state index in [0.717, 1.165) is 5.69 Å². The van der Waals surface area contributed by atoms with E-state index in [2.05, 4.69) is 208 Å². The van der Waals surface area contributed by atoms with Gasteiger partial charge in [0.15, 0.2) is 0 Å². The molecule has 8 aromatic carbocycles. The molecule has 0 radical (unpaired) electrons. The summed E-state index contributed by atoms with van der Waals surface area (Å²) in [6, 6.07) is 67.4. The predicted octanol–water partition coefficient (Wildman–Crippen LogP) is 13.8. The summed E-state index contributed by atoms with van der Waals surface area (Å²) in [5.41, 5.74) is 22.6. The number of hydrogen-bond acceptors (Lipinski definition) is 1. The first kappa shape index (κ1) is 31.3.